The van der Waals surface area contributed by atoms with Crippen LogP contribution in [0, 0.1) is 0 Å². The molecule has 10 heterocycles. The molecular weight excluding hydrogens is 1670 g/mol. The molecule has 0 saturated carbocycles. The van der Waals surface area contributed by atoms with Crippen LogP contribution in [0.2, 0.25) is 10.0 Å². The number of piperidine rings is 4. The summed E-state index contributed by atoms with van der Waals surface area (Å²) in [6.07, 6.45) is 13.3. The van der Waals surface area contributed by atoms with Crippen LogP contribution in [0.3, 0.4) is 0 Å². The number of nitrogens with zero attached hydrogens (tertiary/aromatic N) is 4. The normalized spacial score (nSPS) is 22.6. The zero-order valence-corrected chi connectivity index (χ0v) is 74.8. The molecule has 12 rings (SSSR count). The van der Waals surface area contributed by atoms with Gasteiger partial charge >= 0.3 is 12.2 Å². The topological polar surface area (TPSA) is 292 Å². The number of fused-ring (bicyclic) bond motifs is 2. The minimum atomic E-state index is -0.607. The van der Waals surface area contributed by atoms with E-state index in [1.807, 2.05) is 152 Å². The first-order valence-corrected chi connectivity index (χ1v) is 41.5. The van der Waals surface area contributed by atoms with Gasteiger partial charge in [-0.3, -0.25) is 9.97 Å². The highest BCUT2D eigenvalue weighted by Gasteiger charge is 2.49. The van der Waals surface area contributed by atoms with Gasteiger partial charge in [0.05, 0.1) is 89.3 Å². The number of aromatic nitrogens is 2. The van der Waals surface area contributed by atoms with E-state index in [-0.39, 0.29) is 71.8 Å². The number of nitrogens with two attached hydrogens (primary N) is 1. The lowest BCUT2D eigenvalue weighted by atomic mass is 10.0. The van der Waals surface area contributed by atoms with Crippen LogP contribution in [0.25, 0.3) is 21.8 Å². The molecule has 0 radical (unpaired) electrons. The molecule has 0 atom stereocenters. The van der Waals surface area contributed by atoms with E-state index < -0.39 is 34.4 Å². The van der Waals surface area contributed by atoms with Gasteiger partial charge in [0.15, 0.2) is 0 Å². The molecule has 27 nitrogen and oxygen atoms in total. The van der Waals surface area contributed by atoms with Crippen LogP contribution in [-0.2, 0) is 67.5 Å². The third-order valence-electron chi connectivity index (χ3n) is 18.5. The zero-order valence-electron chi connectivity index (χ0n) is 67.9. The van der Waals surface area contributed by atoms with Gasteiger partial charge in [-0.05, 0) is 165 Å². The number of nitrogens with one attached hydrogen (secondary N) is 5. The number of unbranched alkanes of at least 4 members (excludes halogenated alkanes) is 2. The van der Waals surface area contributed by atoms with Crippen molar-refractivity contribution in [2.24, 2.45) is 0 Å². The van der Waals surface area contributed by atoms with Crippen LogP contribution in [0.5, 0.6) is 0 Å². The number of carbonyl (C=O) groups excluding carboxylic acids is 2. The lowest BCUT2D eigenvalue weighted by molar-refractivity contribution is -0.915. The number of halogens is 7. The highest BCUT2D eigenvalue weighted by atomic mass is 79.9. The quantitative estimate of drug-likeness (QED) is 0.0451. The summed E-state index contributed by atoms with van der Waals surface area (Å²) in [5.74, 6) is -2.05. The summed E-state index contributed by atoms with van der Waals surface area (Å²) in [5, 5.41) is 19.8. The smallest absolute Gasteiger partial charge is 0.407 e. The molecule has 2 aromatic carbocycles. The van der Waals surface area contributed by atoms with Crippen molar-refractivity contribution in [3.05, 3.63) is 71.0 Å². The fourth-order valence-electron chi connectivity index (χ4n) is 12.4. The third-order valence-corrected chi connectivity index (χ3v) is 19.8. The molecule has 4 aromatic rings. The van der Waals surface area contributed by atoms with Crippen molar-refractivity contribution in [1.82, 2.24) is 30.4 Å². The predicted octanol–water partition coefficient (Wildman–Crippen LogP) is 1.85. The molecule has 10 N–H and O–H groups in total. The van der Waals surface area contributed by atoms with Gasteiger partial charge in [0.1, 0.15) is 46.7 Å². The number of likely N-dealkylation sites (tertiary alicyclic amines) is 3. The first-order chi connectivity index (χ1) is 51.0. The number of rotatable bonds is 17. The van der Waals surface area contributed by atoms with Crippen LogP contribution in [0.4, 0.5) is 21.0 Å². The summed E-state index contributed by atoms with van der Waals surface area (Å²) in [7, 11) is 0. The molecule has 8 fully saturated rings. The van der Waals surface area contributed by atoms with E-state index in [2.05, 4.69) is 83.9 Å². The Labute approximate surface area is 704 Å². The Hall–Kier alpha value is -2.87. The van der Waals surface area contributed by atoms with E-state index in [0.29, 0.717) is 49.6 Å². The van der Waals surface area contributed by atoms with Gasteiger partial charge in [-0.25, -0.2) is 38.9 Å². The lowest BCUT2D eigenvalue weighted by Crippen LogP contribution is -3.15. The van der Waals surface area contributed by atoms with Crippen molar-refractivity contribution < 1.29 is 130 Å². The highest BCUT2D eigenvalue weighted by molar-refractivity contribution is 9.09. The lowest BCUT2D eigenvalue weighted by Gasteiger charge is -2.45. The first kappa shape index (κ1) is 100. The summed E-state index contributed by atoms with van der Waals surface area (Å²) >= 11 is 18.5. The predicted molar refractivity (Wildman–Crippen MR) is 425 cm³/mol. The van der Waals surface area contributed by atoms with E-state index in [4.69, 9.17) is 90.7 Å². The minimum Gasteiger partial charge on any atom is -1.00 e. The Morgan fingerprint density at radius 3 is 1.27 bits per heavy atom. The largest absolute Gasteiger partial charge is 1.00 e. The number of hydrogen-bond acceptors (Lipinski definition) is 22. The Morgan fingerprint density at radius 1 is 0.514 bits per heavy atom. The highest BCUT2D eigenvalue weighted by Crippen LogP contribution is 2.38. The number of amides is 2. The number of anilines is 2. The van der Waals surface area contributed by atoms with Crippen LogP contribution >= 0.6 is 55.1 Å². The van der Waals surface area contributed by atoms with Gasteiger partial charge in [0, 0.05) is 140 Å². The van der Waals surface area contributed by atoms with E-state index >= 15 is 0 Å². The summed E-state index contributed by atoms with van der Waals surface area (Å²) < 4.78 is 33.7. The standard InChI is InChI=1S/C23H32ClN3O3.C16H30N2O5.C11H10BrClN2.C11H22N2O3.C9H17NO3.C7H14BrNO2.3ClH/c1-22(2)17-28-23(30-29-22)9-14-27(15-10-23)13-5-3-4-11-25-20-8-12-26-21-16-18(24)6-7-19(20)21;1-14(2,3)21-13(19)17-8-11-18-9-6-16(7-10-18)20-12-15(4,5)22-23-16;12-4-6-15-10-3-5-14-11-7-8(13)1-2-9(10)11;1-10(2)9-14-11(16-15-10)3-6-13(7-4-11)8-5-12;1-8(2)7-11-9(13-12-8)3-5-10-6-4-9;1-7(2,3)11-6(10)9-5-4-8;;;/h6-8,12,16H,3-5,9-11,13-15,17H2,1-2H3,(H,25,26);6-12H2,1-5H3,(H,17,19);1-3,5,7H,4,6H2,(H,14,15);3-9,12H2,1-2H3;10H,3-7H2,1-2H3;4-5H2,1-3H3,(H,9,10);3*1H. The number of alkyl carbamates (subject to hydrolysis) is 2. The maximum atomic E-state index is 11.6. The monoisotopic (exact) mass is 1800 g/mol. The molecule has 0 aliphatic carbocycles. The van der Waals surface area contributed by atoms with E-state index in [9.17, 15) is 9.59 Å². The Balaban J connectivity index is 0.000000289. The summed E-state index contributed by atoms with van der Waals surface area (Å²) in [5.41, 5.74) is 5.72. The molecule has 0 bridgehead atoms. The SMILES string of the molecule is CC(C)(C)OC(=O)NCCBr.CC(C)(C)OC(=O)NCCN1CCC2(CC1)OCC(C)(C)OO2.CC1(C)COC2(CCN(CCCCCNc3ccnc4cc(Cl)ccc34)CC2)OO1.CC1(C)COC2(CC[NH+](CC[NH3+])CC2)OO1.CC1(C)COC2(CC[NH2+]CC2)OO1.Clc1ccc2c(NCCBr)ccnc2c1.[Cl-].[Cl-].[Cl-]. The number of pyridine rings is 2. The second-order valence-corrected chi connectivity index (χ2v) is 35.6. The van der Waals surface area contributed by atoms with Crippen molar-refractivity contribution in [2.75, 3.05) is 152 Å². The molecule has 8 saturated heterocycles. The van der Waals surface area contributed by atoms with Crippen molar-refractivity contribution >= 4 is 100 Å². The zero-order chi connectivity index (χ0) is 78.8. The maximum absolute atomic E-state index is 11.6. The fourth-order valence-corrected chi connectivity index (χ4v) is 13.1. The van der Waals surface area contributed by atoms with Crippen molar-refractivity contribution in [3.63, 3.8) is 0 Å². The van der Waals surface area contributed by atoms with Gasteiger partial charge in [0.2, 0.25) is 23.1 Å². The molecule has 111 heavy (non-hydrogen) atoms. The van der Waals surface area contributed by atoms with Gasteiger partial charge in [-0.2, -0.15) is 9.78 Å². The fraction of sp³-hybridized carbons (Fsp3) is 0.740. The number of carbonyl (C=O) groups is 2. The summed E-state index contributed by atoms with van der Waals surface area (Å²) in [4.78, 5) is 81.2. The van der Waals surface area contributed by atoms with Gasteiger partial charge in [0.25, 0.3) is 0 Å². The Bertz CT molecular complexity index is 3310. The third kappa shape index (κ3) is 36.1. The number of alkyl halides is 2. The van der Waals surface area contributed by atoms with Gasteiger partial charge in [-0.1, -0.05) is 61.5 Å². The van der Waals surface area contributed by atoms with Crippen molar-refractivity contribution in [3.8, 4) is 0 Å². The van der Waals surface area contributed by atoms with E-state index in [0.717, 1.165) is 193 Å². The summed E-state index contributed by atoms with van der Waals surface area (Å²) in [6, 6.07) is 15.6. The number of ether oxygens (including phenoxy) is 6. The second-order valence-electron chi connectivity index (χ2n) is 33.1. The molecule has 8 aliphatic heterocycles. The average Bonchev–Trinajstić information content (AvgIpc) is 0.822. The Kier molecular flexibility index (Phi) is 42.6. The molecule has 2 amide bonds. The molecule has 8 aliphatic rings. The van der Waals surface area contributed by atoms with Gasteiger partial charge < -0.3 is 113 Å². The number of hydrogen-bond donors (Lipinski definition) is 7. The second kappa shape index (κ2) is 47.1. The minimum absolute atomic E-state index is 0. The first-order valence-electron chi connectivity index (χ1n) is 38.5. The van der Waals surface area contributed by atoms with Crippen molar-refractivity contribution in [2.45, 2.75) is 224 Å². The van der Waals surface area contributed by atoms with Crippen molar-refractivity contribution in [1.29, 1.82) is 0 Å². The average molecular weight is 1800 g/mol. The van der Waals surface area contributed by atoms with E-state index in [1.165, 1.54) is 12.8 Å². The maximum Gasteiger partial charge on any atom is 0.407 e. The van der Waals surface area contributed by atoms with Crippen LogP contribution < -0.4 is 74.4 Å². The number of quaternary nitrogens is 3. The molecule has 636 valence electrons. The van der Waals surface area contributed by atoms with Gasteiger partial charge in [-0.15, -0.1) is 0 Å². The molecule has 34 heteroatoms. The van der Waals surface area contributed by atoms with E-state index in [1.54, 1.807) is 11.1 Å². The van der Waals surface area contributed by atoms with Crippen LogP contribution in [-0.4, -0.2) is 231 Å². The Morgan fingerprint density at radius 2 is 0.892 bits per heavy atom. The van der Waals surface area contributed by atoms with Crippen LogP contribution in [0.1, 0.15) is 168 Å². The summed E-state index contributed by atoms with van der Waals surface area (Å²) in [6.45, 7) is 44.1. The molecule has 4 spiro atoms. The molecule has 0 unspecified atom stereocenters. The molecule has 2 aromatic heterocycles. The number of benzene rings is 2. The molecular formula is C77H128Br2Cl5N11O16. The van der Waals surface area contributed by atoms with Crippen LogP contribution in [0.15, 0.2) is 60.9 Å².